The van der Waals surface area contributed by atoms with Gasteiger partial charge in [-0.2, -0.15) is 0 Å². The Morgan fingerprint density at radius 3 is 2.34 bits per heavy atom. The number of carbonyl (C=O) groups is 2. The van der Waals surface area contributed by atoms with Crippen LogP contribution in [0.2, 0.25) is 0 Å². The fraction of sp³-hybridized carbons (Fsp3) is 0.294. The number of Topliss-reactive ketones (excluding diaryl/α,β-unsaturated/α-hetero) is 2. The molecule has 4 aromatic carbocycles. The molecular formula is C34H36O7. The summed E-state index contributed by atoms with van der Waals surface area (Å²) in [7, 11) is 1.46. The van der Waals surface area contributed by atoms with E-state index in [4.69, 9.17) is 4.74 Å². The number of aliphatic hydroxyl groups excluding tert-OH is 1. The summed E-state index contributed by atoms with van der Waals surface area (Å²) in [5.41, 5.74) is 3.33. The number of methoxy groups -OCH3 is 1. The molecule has 0 radical (unpaired) electrons. The van der Waals surface area contributed by atoms with Crippen molar-refractivity contribution in [3.63, 3.8) is 0 Å². The number of rotatable bonds is 14. The molecule has 0 aromatic heterocycles. The first-order chi connectivity index (χ1) is 19.7. The summed E-state index contributed by atoms with van der Waals surface area (Å²) in [6, 6.07) is 21.2. The first kappa shape index (κ1) is 29.6. The molecule has 41 heavy (non-hydrogen) atoms. The van der Waals surface area contributed by atoms with E-state index in [-0.39, 0.29) is 48.1 Å². The molecular weight excluding hydrogens is 520 g/mol. The van der Waals surface area contributed by atoms with Crippen molar-refractivity contribution >= 4 is 22.3 Å². The molecule has 0 amide bonds. The van der Waals surface area contributed by atoms with Gasteiger partial charge in [0.05, 0.1) is 19.6 Å². The molecule has 0 saturated carbocycles. The molecule has 214 valence electrons. The van der Waals surface area contributed by atoms with Crippen molar-refractivity contribution in [2.24, 2.45) is 0 Å². The third-order valence-electron chi connectivity index (χ3n) is 7.31. The third kappa shape index (κ3) is 8.08. The molecule has 0 aliphatic carbocycles. The van der Waals surface area contributed by atoms with Gasteiger partial charge in [-0.15, -0.1) is 0 Å². The maximum atomic E-state index is 12.3. The number of hydrogen-bond acceptors (Lipinski definition) is 7. The molecule has 0 saturated heterocycles. The van der Waals surface area contributed by atoms with Crippen molar-refractivity contribution in [1.82, 2.24) is 0 Å². The summed E-state index contributed by atoms with van der Waals surface area (Å²) in [5.74, 6) is 0.475. The van der Waals surface area contributed by atoms with Crippen molar-refractivity contribution in [1.29, 1.82) is 0 Å². The van der Waals surface area contributed by atoms with E-state index in [0.29, 0.717) is 43.4 Å². The zero-order valence-corrected chi connectivity index (χ0v) is 23.2. The Labute approximate surface area is 239 Å². The van der Waals surface area contributed by atoms with Gasteiger partial charge in [-0.25, -0.2) is 0 Å². The van der Waals surface area contributed by atoms with Crippen LogP contribution in [0.4, 0.5) is 0 Å². The molecule has 0 aliphatic heterocycles. The number of ketones is 2. The van der Waals surface area contributed by atoms with E-state index >= 15 is 0 Å². The number of phenols is 3. The number of carbonyl (C=O) groups excluding carboxylic acids is 2. The lowest BCUT2D eigenvalue weighted by Gasteiger charge is -2.15. The summed E-state index contributed by atoms with van der Waals surface area (Å²) >= 11 is 0. The summed E-state index contributed by atoms with van der Waals surface area (Å²) in [4.78, 5) is 24.6. The average Bonchev–Trinajstić information content (AvgIpc) is 2.95. The molecule has 7 heteroatoms. The molecule has 0 bridgehead atoms. The monoisotopic (exact) mass is 556 g/mol. The van der Waals surface area contributed by atoms with Crippen molar-refractivity contribution in [2.45, 2.75) is 57.5 Å². The Morgan fingerprint density at radius 1 is 0.780 bits per heavy atom. The third-order valence-corrected chi connectivity index (χ3v) is 7.31. The molecule has 4 aromatic rings. The number of aliphatic hydroxyl groups is 1. The Balaban J connectivity index is 1.24. The Kier molecular flexibility index (Phi) is 9.98. The van der Waals surface area contributed by atoms with Crippen LogP contribution in [-0.4, -0.2) is 45.2 Å². The predicted octanol–water partition coefficient (Wildman–Crippen LogP) is 6.26. The van der Waals surface area contributed by atoms with E-state index in [1.807, 2.05) is 30.3 Å². The second-order valence-corrected chi connectivity index (χ2v) is 10.4. The number of hydrogen-bond donors (Lipinski definition) is 4. The minimum absolute atomic E-state index is 0.0368. The highest BCUT2D eigenvalue weighted by Gasteiger charge is 2.15. The van der Waals surface area contributed by atoms with Crippen LogP contribution in [0.5, 0.6) is 23.0 Å². The van der Waals surface area contributed by atoms with Crippen LogP contribution in [0.15, 0.2) is 72.8 Å². The van der Waals surface area contributed by atoms with Crippen LogP contribution in [-0.2, 0) is 22.4 Å². The normalized spacial score (nSPS) is 11.9. The van der Waals surface area contributed by atoms with E-state index in [9.17, 15) is 30.0 Å². The van der Waals surface area contributed by atoms with E-state index < -0.39 is 6.10 Å². The molecule has 1 unspecified atom stereocenters. The van der Waals surface area contributed by atoms with E-state index in [2.05, 4.69) is 0 Å². The van der Waals surface area contributed by atoms with Gasteiger partial charge in [0.15, 0.2) is 11.5 Å². The molecule has 1 atom stereocenters. The van der Waals surface area contributed by atoms with Gasteiger partial charge in [-0.1, -0.05) is 36.4 Å². The second kappa shape index (κ2) is 13.8. The van der Waals surface area contributed by atoms with Gasteiger partial charge < -0.3 is 25.2 Å². The summed E-state index contributed by atoms with van der Waals surface area (Å²) in [6.07, 6.45) is 2.15. The number of benzene rings is 4. The molecule has 4 N–H and O–H groups in total. The zero-order chi connectivity index (χ0) is 29.4. The van der Waals surface area contributed by atoms with Crippen molar-refractivity contribution in [2.75, 3.05) is 7.11 Å². The predicted molar refractivity (Wildman–Crippen MR) is 159 cm³/mol. The highest BCUT2D eigenvalue weighted by molar-refractivity contribution is 5.99. The van der Waals surface area contributed by atoms with Gasteiger partial charge in [0.25, 0.3) is 0 Å². The number of fused-ring (bicyclic) bond motifs is 1. The average molecular weight is 557 g/mol. The minimum Gasteiger partial charge on any atom is -0.508 e. The topological polar surface area (TPSA) is 124 Å². The minimum atomic E-state index is -0.613. The molecule has 7 nitrogen and oxygen atoms in total. The number of ether oxygens (including phenoxy) is 1. The molecule has 0 fully saturated rings. The van der Waals surface area contributed by atoms with E-state index in [0.717, 1.165) is 27.5 Å². The number of aromatic hydroxyl groups is 3. The van der Waals surface area contributed by atoms with Crippen LogP contribution in [0.3, 0.4) is 0 Å². The van der Waals surface area contributed by atoms with Crippen LogP contribution >= 0.6 is 0 Å². The number of aryl methyl sites for hydroxylation is 2. The zero-order valence-electron chi connectivity index (χ0n) is 23.2. The maximum absolute atomic E-state index is 12.3. The fourth-order valence-electron chi connectivity index (χ4n) is 5.08. The first-order valence-electron chi connectivity index (χ1n) is 13.8. The quantitative estimate of drug-likeness (QED) is 0.135. The fourth-order valence-corrected chi connectivity index (χ4v) is 5.08. The standard InChI is InChI=1S/C34H36O7/c1-41-33-18-22(9-17-31(33)39)8-14-30(38)21-28(36)6-3-5-27(35)15-12-23-4-2-7-32(40)34(23)26-11-10-25-20-29(37)16-13-24(25)19-26/h2,4,7,9-11,13,16-20,27,35,37,39-40H,3,5-6,8,12,14-15,21H2,1H3. The SMILES string of the molecule is COc1cc(CCC(=O)CC(=O)CCCC(O)CCc2cccc(O)c2-c2ccc3cc(O)ccc3c2)ccc1O. The van der Waals surface area contributed by atoms with Gasteiger partial charge in [-0.3, -0.25) is 9.59 Å². The Hall–Kier alpha value is -4.36. The van der Waals surface area contributed by atoms with Crippen LogP contribution in [0.1, 0.15) is 49.7 Å². The van der Waals surface area contributed by atoms with Gasteiger partial charge in [0.2, 0.25) is 0 Å². The smallest absolute Gasteiger partial charge is 0.160 e. The van der Waals surface area contributed by atoms with Crippen molar-refractivity contribution in [3.8, 4) is 34.1 Å². The van der Waals surface area contributed by atoms with Crippen molar-refractivity contribution < 1.29 is 34.8 Å². The van der Waals surface area contributed by atoms with E-state index in [1.165, 1.54) is 13.2 Å². The van der Waals surface area contributed by atoms with Crippen LogP contribution < -0.4 is 4.74 Å². The van der Waals surface area contributed by atoms with Gasteiger partial charge in [0, 0.05) is 18.4 Å². The van der Waals surface area contributed by atoms with Crippen LogP contribution in [0, 0.1) is 0 Å². The van der Waals surface area contributed by atoms with Crippen LogP contribution in [0.25, 0.3) is 21.9 Å². The lowest BCUT2D eigenvalue weighted by molar-refractivity contribution is -0.127. The van der Waals surface area contributed by atoms with Gasteiger partial charge in [0.1, 0.15) is 23.1 Å². The maximum Gasteiger partial charge on any atom is 0.160 e. The summed E-state index contributed by atoms with van der Waals surface area (Å²) in [6.45, 7) is 0. The molecule has 0 aliphatic rings. The summed E-state index contributed by atoms with van der Waals surface area (Å²) < 4.78 is 5.08. The highest BCUT2D eigenvalue weighted by Crippen LogP contribution is 2.36. The van der Waals surface area contributed by atoms with E-state index in [1.54, 1.807) is 36.4 Å². The second-order valence-electron chi connectivity index (χ2n) is 10.4. The Morgan fingerprint density at radius 2 is 1.54 bits per heavy atom. The lowest BCUT2D eigenvalue weighted by Crippen LogP contribution is -2.12. The van der Waals surface area contributed by atoms with Gasteiger partial charge in [-0.05, 0) is 96.0 Å². The largest absolute Gasteiger partial charge is 0.508 e. The molecule has 4 rings (SSSR count). The van der Waals surface area contributed by atoms with Gasteiger partial charge >= 0.3 is 0 Å². The first-order valence-corrected chi connectivity index (χ1v) is 13.8. The highest BCUT2D eigenvalue weighted by atomic mass is 16.5. The van der Waals surface area contributed by atoms with Crippen molar-refractivity contribution in [3.05, 3.63) is 83.9 Å². The molecule has 0 spiro atoms. The number of phenolic OH excluding ortho intramolecular Hbond substituents is 3. The Bertz CT molecular complexity index is 1530. The summed E-state index contributed by atoms with van der Waals surface area (Å²) in [5, 5.41) is 42.5. The lowest BCUT2D eigenvalue weighted by atomic mass is 9.92. The molecule has 0 heterocycles.